The van der Waals surface area contributed by atoms with Gasteiger partial charge in [0.25, 0.3) is 11.4 Å². The van der Waals surface area contributed by atoms with Crippen LogP contribution in [-0.4, -0.2) is 9.85 Å². The highest BCUT2D eigenvalue weighted by Crippen LogP contribution is 2.22. The van der Waals surface area contributed by atoms with Crippen LogP contribution in [0.3, 0.4) is 0 Å². The molecule has 7 nitrogen and oxygen atoms in total. The van der Waals surface area contributed by atoms with Crippen molar-refractivity contribution in [3.8, 4) is 0 Å². The van der Waals surface area contributed by atoms with Gasteiger partial charge in [-0.15, -0.1) is 0 Å². The SMILES string of the molecule is O=[N+]([O-])c1cccc(CNc2cc([N+](=O)[O-])ccc2F)c1. The lowest BCUT2D eigenvalue weighted by Crippen LogP contribution is -2.03. The molecule has 2 aromatic rings. The Balaban J connectivity index is 2.16. The summed E-state index contributed by atoms with van der Waals surface area (Å²) >= 11 is 0. The molecule has 8 heteroatoms. The molecule has 21 heavy (non-hydrogen) atoms. The van der Waals surface area contributed by atoms with Gasteiger partial charge >= 0.3 is 0 Å². The number of rotatable bonds is 5. The fourth-order valence-corrected chi connectivity index (χ4v) is 1.74. The van der Waals surface area contributed by atoms with Crippen molar-refractivity contribution in [1.29, 1.82) is 0 Å². The van der Waals surface area contributed by atoms with Crippen LogP contribution in [0.2, 0.25) is 0 Å². The molecule has 0 fully saturated rings. The largest absolute Gasteiger partial charge is 0.378 e. The van der Waals surface area contributed by atoms with Crippen LogP contribution in [0.25, 0.3) is 0 Å². The Morgan fingerprint density at radius 1 is 1.00 bits per heavy atom. The van der Waals surface area contributed by atoms with E-state index in [2.05, 4.69) is 5.32 Å². The maximum absolute atomic E-state index is 13.5. The fraction of sp³-hybridized carbons (Fsp3) is 0.0769. The van der Waals surface area contributed by atoms with E-state index in [1.54, 1.807) is 6.07 Å². The van der Waals surface area contributed by atoms with E-state index in [0.29, 0.717) is 5.56 Å². The number of hydrogen-bond acceptors (Lipinski definition) is 5. The molecule has 1 N–H and O–H groups in total. The van der Waals surface area contributed by atoms with Gasteiger partial charge in [0.15, 0.2) is 0 Å². The number of nitro groups is 2. The number of anilines is 1. The summed E-state index contributed by atoms with van der Waals surface area (Å²) in [4.78, 5) is 20.1. The monoisotopic (exact) mass is 291 g/mol. The fourth-order valence-electron chi connectivity index (χ4n) is 1.74. The van der Waals surface area contributed by atoms with E-state index in [0.717, 1.165) is 18.2 Å². The second-order valence-electron chi connectivity index (χ2n) is 4.20. The number of nitrogens with one attached hydrogen (secondary N) is 1. The molecule has 0 bridgehead atoms. The van der Waals surface area contributed by atoms with Crippen LogP contribution in [0.1, 0.15) is 5.56 Å². The lowest BCUT2D eigenvalue weighted by atomic mass is 10.2. The smallest absolute Gasteiger partial charge is 0.271 e. The molecule has 0 radical (unpaired) electrons. The highest BCUT2D eigenvalue weighted by molar-refractivity contribution is 5.52. The van der Waals surface area contributed by atoms with Crippen LogP contribution in [0.15, 0.2) is 42.5 Å². The Labute approximate surface area is 118 Å². The molecule has 0 aliphatic carbocycles. The summed E-state index contributed by atoms with van der Waals surface area (Å²) in [5, 5.41) is 24.0. The van der Waals surface area contributed by atoms with Gasteiger partial charge in [0.05, 0.1) is 15.5 Å². The Hall–Kier alpha value is -3.03. The molecule has 0 amide bonds. The van der Waals surface area contributed by atoms with Gasteiger partial charge in [0, 0.05) is 30.8 Å². The zero-order valence-electron chi connectivity index (χ0n) is 10.7. The van der Waals surface area contributed by atoms with Gasteiger partial charge in [0.1, 0.15) is 5.82 Å². The van der Waals surface area contributed by atoms with Gasteiger partial charge < -0.3 is 5.32 Å². The lowest BCUT2D eigenvalue weighted by molar-refractivity contribution is -0.385. The van der Waals surface area contributed by atoms with E-state index in [9.17, 15) is 24.6 Å². The topological polar surface area (TPSA) is 98.3 Å². The number of nitrogens with zero attached hydrogens (tertiary/aromatic N) is 2. The molecular weight excluding hydrogens is 281 g/mol. The van der Waals surface area contributed by atoms with Crippen LogP contribution in [0.4, 0.5) is 21.5 Å². The summed E-state index contributed by atoms with van der Waals surface area (Å²) in [5.74, 6) is -0.633. The van der Waals surface area contributed by atoms with Crippen LogP contribution in [0.5, 0.6) is 0 Å². The first-order valence-electron chi connectivity index (χ1n) is 5.88. The second kappa shape index (κ2) is 5.95. The summed E-state index contributed by atoms with van der Waals surface area (Å²) in [5.41, 5.74) is 0.220. The number of non-ortho nitro benzene ring substituents is 2. The Bertz CT molecular complexity index is 706. The summed E-state index contributed by atoms with van der Waals surface area (Å²) in [6, 6.07) is 8.97. The van der Waals surface area contributed by atoms with Crippen molar-refractivity contribution in [3.63, 3.8) is 0 Å². The van der Waals surface area contributed by atoms with Crippen molar-refractivity contribution in [2.75, 3.05) is 5.32 Å². The standard InChI is InChI=1S/C13H10FN3O4/c14-12-5-4-11(17(20)21)7-13(12)15-8-9-2-1-3-10(6-9)16(18)19/h1-7,15H,8H2. The molecule has 0 aliphatic heterocycles. The minimum Gasteiger partial charge on any atom is -0.378 e. The van der Waals surface area contributed by atoms with Crippen LogP contribution in [0, 0.1) is 26.0 Å². The Kier molecular flexibility index (Phi) is 4.07. The van der Waals surface area contributed by atoms with E-state index in [1.807, 2.05) is 0 Å². The Morgan fingerprint density at radius 2 is 1.67 bits per heavy atom. The summed E-state index contributed by atoms with van der Waals surface area (Å²) < 4.78 is 13.5. The molecule has 2 aromatic carbocycles. The second-order valence-corrected chi connectivity index (χ2v) is 4.20. The predicted octanol–water partition coefficient (Wildman–Crippen LogP) is 3.25. The zero-order chi connectivity index (χ0) is 15.4. The van der Waals surface area contributed by atoms with E-state index in [1.165, 1.54) is 18.2 Å². The van der Waals surface area contributed by atoms with Gasteiger partial charge in [-0.1, -0.05) is 12.1 Å². The summed E-state index contributed by atoms with van der Waals surface area (Å²) in [6.45, 7) is 0.111. The molecule has 108 valence electrons. The molecule has 0 aromatic heterocycles. The molecule has 0 saturated carbocycles. The molecule has 0 aliphatic rings. The number of hydrogen-bond donors (Lipinski definition) is 1. The molecular formula is C13H10FN3O4. The molecule has 0 atom stereocenters. The Morgan fingerprint density at radius 3 is 2.33 bits per heavy atom. The van der Waals surface area contributed by atoms with Crippen LogP contribution >= 0.6 is 0 Å². The van der Waals surface area contributed by atoms with Gasteiger partial charge in [-0.2, -0.15) is 0 Å². The zero-order valence-corrected chi connectivity index (χ0v) is 10.7. The van der Waals surface area contributed by atoms with Crippen molar-refractivity contribution < 1.29 is 14.2 Å². The van der Waals surface area contributed by atoms with Gasteiger partial charge in [-0.25, -0.2) is 4.39 Å². The number of benzene rings is 2. The quantitative estimate of drug-likeness (QED) is 0.673. The molecule has 0 saturated heterocycles. The van der Waals surface area contributed by atoms with Crippen molar-refractivity contribution >= 4 is 17.1 Å². The van der Waals surface area contributed by atoms with Gasteiger partial charge in [-0.05, 0) is 11.6 Å². The minimum atomic E-state index is -0.633. The van der Waals surface area contributed by atoms with Crippen molar-refractivity contribution in [1.82, 2.24) is 0 Å². The third-order valence-electron chi connectivity index (χ3n) is 2.77. The first kappa shape index (κ1) is 14.4. The first-order chi connectivity index (χ1) is 9.97. The molecule has 0 heterocycles. The summed E-state index contributed by atoms with van der Waals surface area (Å²) in [6.07, 6.45) is 0. The highest BCUT2D eigenvalue weighted by Gasteiger charge is 2.11. The normalized spacial score (nSPS) is 10.1. The van der Waals surface area contributed by atoms with Crippen LogP contribution in [-0.2, 0) is 6.54 Å². The van der Waals surface area contributed by atoms with E-state index in [-0.39, 0.29) is 23.6 Å². The predicted molar refractivity (Wildman–Crippen MR) is 73.5 cm³/mol. The lowest BCUT2D eigenvalue weighted by Gasteiger charge is -2.07. The molecule has 0 unspecified atom stereocenters. The minimum absolute atomic E-state index is 0.0318. The maximum atomic E-state index is 13.5. The maximum Gasteiger partial charge on any atom is 0.271 e. The van der Waals surface area contributed by atoms with Crippen molar-refractivity contribution in [2.24, 2.45) is 0 Å². The average Bonchev–Trinajstić information content (AvgIpc) is 2.46. The molecule has 2 rings (SSSR count). The van der Waals surface area contributed by atoms with Crippen molar-refractivity contribution in [2.45, 2.75) is 6.54 Å². The van der Waals surface area contributed by atoms with E-state index < -0.39 is 15.7 Å². The van der Waals surface area contributed by atoms with Crippen LogP contribution < -0.4 is 5.32 Å². The van der Waals surface area contributed by atoms with Crippen molar-refractivity contribution in [3.05, 3.63) is 74.1 Å². The first-order valence-corrected chi connectivity index (χ1v) is 5.88. The van der Waals surface area contributed by atoms with Gasteiger partial charge in [-0.3, -0.25) is 20.2 Å². The van der Waals surface area contributed by atoms with E-state index >= 15 is 0 Å². The highest BCUT2D eigenvalue weighted by atomic mass is 19.1. The summed E-state index contributed by atoms with van der Waals surface area (Å²) in [7, 11) is 0. The van der Waals surface area contributed by atoms with E-state index in [4.69, 9.17) is 0 Å². The molecule has 0 spiro atoms. The third kappa shape index (κ3) is 3.50. The average molecular weight is 291 g/mol. The van der Waals surface area contributed by atoms with Gasteiger partial charge in [0.2, 0.25) is 0 Å². The number of halogens is 1. The number of nitro benzene ring substituents is 2. The third-order valence-corrected chi connectivity index (χ3v) is 2.77.